The first-order valence-corrected chi connectivity index (χ1v) is 14.9. The van der Waals surface area contributed by atoms with Crippen LogP contribution in [0, 0.1) is 0 Å². The number of nitrogens with zero attached hydrogens (tertiary/aromatic N) is 4. The van der Waals surface area contributed by atoms with E-state index in [0.29, 0.717) is 38.8 Å². The van der Waals surface area contributed by atoms with Gasteiger partial charge in [0, 0.05) is 50.6 Å². The standard InChI is InChI=1S/C27H30N4O6S2/c1-36-22-9-8-19(24(33)37-2)18-23(22)39(34,35)31-16-14-30(15-17-31)26-28-25(29-38-26)27(12-10-21(32)11-13-27)20-6-4-3-5-7-20/h3-9,18H,10-17H2,1-2H3. The third-order valence-corrected chi connectivity index (χ3v) is 10.2. The topological polar surface area (TPSA) is 119 Å². The smallest absolute Gasteiger partial charge is 0.337 e. The van der Waals surface area contributed by atoms with Crippen molar-refractivity contribution in [3.8, 4) is 5.75 Å². The Hall–Kier alpha value is -3.35. The van der Waals surface area contributed by atoms with Gasteiger partial charge in [-0.3, -0.25) is 4.79 Å². The molecule has 1 aliphatic heterocycles. The summed E-state index contributed by atoms with van der Waals surface area (Å²) in [6.45, 7) is 1.34. The Morgan fingerprint density at radius 3 is 2.33 bits per heavy atom. The van der Waals surface area contributed by atoms with Crippen LogP contribution >= 0.6 is 11.5 Å². The molecule has 2 aromatic carbocycles. The van der Waals surface area contributed by atoms with Gasteiger partial charge in [0.05, 0.1) is 25.2 Å². The number of ketones is 1. The Kier molecular flexibility index (Phi) is 7.70. The van der Waals surface area contributed by atoms with E-state index in [1.54, 1.807) is 0 Å². The van der Waals surface area contributed by atoms with E-state index in [1.807, 2.05) is 23.1 Å². The number of aromatic nitrogens is 2. The molecule has 1 aromatic heterocycles. The number of ether oxygens (including phenoxy) is 2. The molecule has 0 spiro atoms. The van der Waals surface area contributed by atoms with Crippen LogP contribution in [0.2, 0.25) is 0 Å². The fourth-order valence-corrected chi connectivity index (χ4v) is 7.69. The molecular formula is C27H30N4O6S2. The molecule has 1 saturated carbocycles. The van der Waals surface area contributed by atoms with Crippen molar-refractivity contribution in [2.75, 3.05) is 45.3 Å². The van der Waals surface area contributed by atoms with Gasteiger partial charge in [-0.25, -0.2) is 18.2 Å². The lowest BCUT2D eigenvalue weighted by molar-refractivity contribution is -0.121. The van der Waals surface area contributed by atoms with E-state index in [4.69, 9.17) is 18.8 Å². The molecule has 206 valence electrons. The van der Waals surface area contributed by atoms with Gasteiger partial charge >= 0.3 is 5.97 Å². The maximum atomic E-state index is 13.5. The van der Waals surface area contributed by atoms with E-state index >= 15 is 0 Å². The minimum atomic E-state index is -3.93. The minimum Gasteiger partial charge on any atom is -0.495 e. The minimum absolute atomic E-state index is 0.0730. The number of benzene rings is 2. The zero-order chi connectivity index (χ0) is 27.6. The van der Waals surface area contributed by atoms with Gasteiger partial charge in [-0.05, 0) is 36.6 Å². The highest BCUT2D eigenvalue weighted by molar-refractivity contribution is 7.89. The lowest BCUT2D eigenvalue weighted by Crippen LogP contribution is -2.48. The SMILES string of the molecule is COC(=O)c1ccc(OC)c(S(=O)(=O)N2CCN(c3nc(C4(c5ccccc5)CCC(=O)CC4)ns3)CC2)c1. The van der Waals surface area contributed by atoms with Crippen molar-refractivity contribution in [3.05, 3.63) is 65.5 Å². The van der Waals surface area contributed by atoms with Gasteiger partial charge in [-0.1, -0.05) is 30.3 Å². The number of hydrogen-bond acceptors (Lipinski definition) is 10. The Labute approximate surface area is 231 Å². The first-order valence-electron chi connectivity index (χ1n) is 12.7. The van der Waals surface area contributed by atoms with Gasteiger partial charge in [0.25, 0.3) is 0 Å². The summed E-state index contributed by atoms with van der Waals surface area (Å²) in [5.74, 6) is 0.529. The molecule has 5 rings (SSSR count). The normalized spacial score (nSPS) is 18.1. The van der Waals surface area contributed by atoms with E-state index < -0.39 is 21.4 Å². The molecule has 10 nitrogen and oxygen atoms in total. The summed E-state index contributed by atoms with van der Waals surface area (Å²) in [6, 6.07) is 14.3. The molecule has 2 aliphatic rings. The Bertz CT molecular complexity index is 1460. The summed E-state index contributed by atoms with van der Waals surface area (Å²) in [6.07, 6.45) is 2.34. The van der Waals surface area contributed by atoms with Gasteiger partial charge in [-0.2, -0.15) is 8.68 Å². The maximum absolute atomic E-state index is 13.5. The number of methoxy groups -OCH3 is 2. The number of esters is 1. The fourth-order valence-electron chi connectivity index (χ4n) is 5.27. The van der Waals surface area contributed by atoms with Crippen molar-refractivity contribution in [2.24, 2.45) is 0 Å². The summed E-state index contributed by atoms with van der Waals surface area (Å²) in [7, 11) is -1.29. The average Bonchev–Trinajstić information content (AvgIpc) is 3.48. The summed E-state index contributed by atoms with van der Waals surface area (Å²) in [5.41, 5.74) is 0.838. The highest BCUT2D eigenvalue weighted by Gasteiger charge is 2.42. The Balaban J connectivity index is 1.35. The monoisotopic (exact) mass is 570 g/mol. The number of carbonyl (C=O) groups is 2. The van der Waals surface area contributed by atoms with Crippen LogP contribution in [0.3, 0.4) is 0 Å². The first kappa shape index (κ1) is 27.2. The first-order chi connectivity index (χ1) is 18.8. The summed E-state index contributed by atoms with van der Waals surface area (Å²) < 4.78 is 43.2. The van der Waals surface area contributed by atoms with Crippen LogP contribution in [0.25, 0.3) is 0 Å². The molecule has 1 aliphatic carbocycles. The lowest BCUT2D eigenvalue weighted by Gasteiger charge is -2.35. The van der Waals surface area contributed by atoms with Crippen molar-refractivity contribution < 1.29 is 27.5 Å². The molecule has 2 heterocycles. The van der Waals surface area contributed by atoms with Crippen LogP contribution in [0.4, 0.5) is 5.13 Å². The van der Waals surface area contributed by atoms with Crippen molar-refractivity contribution in [3.63, 3.8) is 0 Å². The van der Waals surface area contributed by atoms with Crippen LogP contribution in [-0.4, -0.2) is 74.2 Å². The van der Waals surface area contributed by atoms with Crippen molar-refractivity contribution >= 4 is 38.4 Å². The largest absolute Gasteiger partial charge is 0.495 e. The molecule has 0 atom stereocenters. The van der Waals surface area contributed by atoms with Gasteiger partial charge < -0.3 is 14.4 Å². The van der Waals surface area contributed by atoms with Crippen molar-refractivity contribution in [2.45, 2.75) is 36.0 Å². The number of anilines is 1. The second-order valence-corrected chi connectivity index (χ2v) is 12.3. The molecule has 0 N–H and O–H groups in total. The summed E-state index contributed by atoms with van der Waals surface area (Å²) in [4.78, 5) is 31.0. The molecule has 0 amide bonds. The molecule has 0 radical (unpaired) electrons. The second kappa shape index (κ2) is 11.0. The zero-order valence-electron chi connectivity index (χ0n) is 21.8. The van der Waals surface area contributed by atoms with Crippen LogP contribution < -0.4 is 9.64 Å². The number of hydrogen-bond donors (Lipinski definition) is 0. The highest BCUT2D eigenvalue weighted by atomic mass is 32.2. The molecule has 1 saturated heterocycles. The van der Waals surface area contributed by atoms with Crippen LogP contribution in [0.5, 0.6) is 5.75 Å². The van der Waals surface area contributed by atoms with Gasteiger partial charge in [-0.15, -0.1) is 0 Å². The number of sulfonamides is 1. The molecule has 0 unspecified atom stereocenters. The lowest BCUT2D eigenvalue weighted by atomic mass is 9.68. The average molecular weight is 571 g/mol. The third-order valence-electron chi connectivity index (χ3n) is 7.54. The van der Waals surface area contributed by atoms with Gasteiger partial charge in [0.15, 0.2) is 5.82 Å². The fraction of sp³-hybridized carbons (Fsp3) is 0.407. The quantitative estimate of drug-likeness (QED) is 0.394. The zero-order valence-corrected chi connectivity index (χ0v) is 23.5. The number of Topliss-reactive ketones (excluding diaryl/α,β-unsaturated/α-hetero) is 1. The number of rotatable bonds is 7. The van der Waals surface area contributed by atoms with Gasteiger partial charge in [0.1, 0.15) is 16.4 Å². The Morgan fingerprint density at radius 2 is 1.69 bits per heavy atom. The van der Waals surface area contributed by atoms with Crippen LogP contribution in [-0.2, 0) is 25.0 Å². The number of carbonyl (C=O) groups excluding carboxylic acids is 2. The van der Waals surface area contributed by atoms with Crippen LogP contribution in [0.15, 0.2) is 53.4 Å². The van der Waals surface area contributed by atoms with Crippen LogP contribution in [0.1, 0.15) is 47.4 Å². The van der Waals surface area contributed by atoms with Crippen molar-refractivity contribution in [1.82, 2.24) is 13.7 Å². The van der Waals surface area contributed by atoms with E-state index in [-0.39, 0.29) is 35.1 Å². The molecule has 2 fully saturated rings. The summed E-state index contributed by atoms with van der Waals surface area (Å²) >= 11 is 1.30. The maximum Gasteiger partial charge on any atom is 0.337 e. The molecular weight excluding hydrogens is 540 g/mol. The predicted molar refractivity (Wildman–Crippen MR) is 146 cm³/mol. The predicted octanol–water partition coefficient (Wildman–Crippen LogP) is 3.27. The molecule has 0 bridgehead atoms. The van der Waals surface area contributed by atoms with Crippen molar-refractivity contribution in [1.29, 1.82) is 0 Å². The highest BCUT2D eigenvalue weighted by Crippen LogP contribution is 2.44. The molecule has 3 aromatic rings. The second-order valence-electron chi connectivity index (χ2n) is 9.64. The van der Waals surface area contributed by atoms with E-state index in [2.05, 4.69) is 12.1 Å². The summed E-state index contributed by atoms with van der Waals surface area (Å²) in [5, 5.41) is 0.736. The van der Waals surface area contributed by atoms with E-state index in [9.17, 15) is 18.0 Å². The molecule has 39 heavy (non-hydrogen) atoms. The van der Waals surface area contributed by atoms with E-state index in [1.165, 1.54) is 48.3 Å². The molecule has 12 heteroatoms. The van der Waals surface area contributed by atoms with Gasteiger partial charge in [0.2, 0.25) is 15.2 Å². The number of piperazine rings is 1. The third kappa shape index (κ3) is 5.15. The Morgan fingerprint density at radius 1 is 1.00 bits per heavy atom. The van der Waals surface area contributed by atoms with E-state index in [0.717, 1.165) is 16.5 Å².